The molecule has 1 aromatic heterocycles. The van der Waals surface area contributed by atoms with Crippen molar-refractivity contribution in [1.82, 2.24) is 14.6 Å². The third kappa shape index (κ3) is 8.48. The van der Waals surface area contributed by atoms with Gasteiger partial charge in [-0.05, 0) is 82.1 Å². The minimum absolute atomic E-state index is 0.00653. The molecule has 2 amide bonds. The number of rotatable bonds is 10. The second kappa shape index (κ2) is 16.5. The van der Waals surface area contributed by atoms with Crippen LogP contribution in [-0.4, -0.2) is 97.9 Å². The monoisotopic (exact) mass is 825 g/mol. The molecule has 4 fully saturated rings. The van der Waals surface area contributed by atoms with E-state index < -0.39 is 80.0 Å². The van der Waals surface area contributed by atoms with E-state index in [1.165, 1.54) is 4.90 Å². The summed E-state index contributed by atoms with van der Waals surface area (Å²) in [5.74, 6) is -2.67. The number of amides is 2. The molecule has 4 heterocycles. The maximum Gasteiger partial charge on any atom is 0.307 e. The number of allylic oxidation sites excluding steroid dienone is 2. The largest absolute Gasteiger partial charge is 0.494 e. The quantitative estimate of drug-likeness (QED) is 0.233. The van der Waals surface area contributed by atoms with Gasteiger partial charge >= 0.3 is 5.97 Å². The second-order valence-electron chi connectivity index (χ2n) is 17.7. The highest BCUT2D eigenvalue weighted by molar-refractivity contribution is 7.91. The number of carbonyl (C=O) groups excluding carboxylic acids is 4. The Morgan fingerprint density at radius 2 is 1.86 bits per heavy atom. The lowest BCUT2D eigenvalue weighted by molar-refractivity contribution is -0.174. The SMILES string of the molecule is COc1cnc(O[C@@H]2C[C@H]3C(=O)C[C@]4(C(=O)NS(=O)(=O)C5(CF)CC5)C[C@H]4/C=C\CC[C@H](C)C[C@@H](C)[C@H](CC(=O)OC4(C)CCCOC4)C(=O)N3C2)c2ccccc12. The molecule has 3 aliphatic heterocycles. The van der Waals surface area contributed by atoms with Crippen molar-refractivity contribution in [1.29, 1.82) is 0 Å². The highest BCUT2D eigenvalue weighted by atomic mass is 32.2. The Balaban J connectivity index is 1.21. The molecule has 316 valence electrons. The molecule has 0 spiro atoms. The summed E-state index contributed by atoms with van der Waals surface area (Å²) in [6.45, 7) is 5.64. The van der Waals surface area contributed by atoms with E-state index in [4.69, 9.17) is 18.9 Å². The van der Waals surface area contributed by atoms with Crippen molar-refractivity contribution in [2.24, 2.45) is 29.1 Å². The predicted octanol–water partition coefficient (Wildman–Crippen LogP) is 5.64. The molecular formula is C43H56FN3O10S. The number of hydrogen-bond acceptors (Lipinski definition) is 11. The zero-order chi connectivity index (χ0) is 41.5. The molecule has 58 heavy (non-hydrogen) atoms. The molecular weight excluding hydrogens is 770 g/mol. The molecule has 13 nitrogen and oxygen atoms in total. The van der Waals surface area contributed by atoms with Gasteiger partial charge in [-0.15, -0.1) is 0 Å². The Morgan fingerprint density at radius 3 is 2.55 bits per heavy atom. The van der Waals surface area contributed by atoms with E-state index in [1.807, 2.05) is 50.3 Å². The van der Waals surface area contributed by atoms with Gasteiger partial charge in [0.1, 0.15) is 28.9 Å². The second-order valence-corrected chi connectivity index (χ2v) is 19.8. The van der Waals surface area contributed by atoms with Crippen LogP contribution >= 0.6 is 0 Å². The minimum Gasteiger partial charge on any atom is -0.494 e. The highest BCUT2D eigenvalue weighted by Crippen LogP contribution is 2.58. The lowest BCUT2D eigenvalue weighted by Gasteiger charge is -2.35. The molecule has 15 heteroatoms. The fraction of sp³-hybridized carbons (Fsp3) is 0.651. The number of esters is 1. The first-order chi connectivity index (χ1) is 27.6. The average Bonchev–Trinajstić information content (AvgIpc) is 4.10. The normalized spacial score (nSPS) is 33.2. The zero-order valence-electron chi connectivity index (χ0n) is 33.9. The van der Waals surface area contributed by atoms with Crippen LogP contribution in [0.3, 0.4) is 0 Å². The third-order valence-corrected chi connectivity index (χ3v) is 15.3. The average molecular weight is 826 g/mol. The number of nitrogens with zero attached hydrogens (tertiary/aromatic N) is 2. The molecule has 2 aliphatic carbocycles. The molecule has 1 aromatic carbocycles. The zero-order valence-corrected chi connectivity index (χ0v) is 34.7. The topological polar surface area (TPSA) is 167 Å². The van der Waals surface area contributed by atoms with Crippen molar-refractivity contribution in [3.63, 3.8) is 0 Å². The Kier molecular flexibility index (Phi) is 12.0. The number of carbonyl (C=O) groups is 4. The number of methoxy groups -OCH3 is 1. The van der Waals surface area contributed by atoms with E-state index in [2.05, 4.69) is 16.6 Å². The number of pyridine rings is 1. The Bertz CT molecular complexity index is 2050. The summed E-state index contributed by atoms with van der Waals surface area (Å²) in [5, 5.41) is 1.45. The molecule has 8 atom stereocenters. The van der Waals surface area contributed by atoms with Crippen molar-refractivity contribution in [3.05, 3.63) is 42.6 Å². The van der Waals surface area contributed by atoms with E-state index in [0.29, 0.717) is 42.9 Å². The van der Waals surface area contributed by atoms with Gasteiger partial charge in [-0.2, -0.15) is 0 Å². The standard InChI is InChI=1S/C43H56FN3O10S/c1-27-10-5-6-11-29-21-43(29,40(51)46-58(52,53)42(25-44)15-16-42)22-35(48)34-19-30(56-38-32-13-8-7-12-31(32)36(54-4)23-45-38)24-47(34)39(50)33(28(2)18-27)20-37(49)57-41(3)14-9-17-55-26-41/h6-8,11-13,23,27-30,33-34H,5,9-10,14-22,24-26H2,1-4H3,(H,46,51)/b11-6-/t27-,28+,29+,30+,33-,34-,41?,43+/m0/s1. The number of aromatic nitrogens is 1. The van der Waals surface area contributed by atoms with E-state index >= 15 is 4.79 Å². The van der Waals surface area contributed by atoms with Gasteiger partial charge in [-0.1, -0.05) is 44.2 Å². The van der Waals surface area contributed by atoms with Gasteiger partial charge in [0.15, 0.2) is 5.78 Å². The fourth-order valence-corrected chi connectivity index (χ4v) is 10.7. The first-order valence-electron chi connectivity index (χ1n) is 20.6. The third-order valence-electron chi connectivity index (χ3n) is 13.2. The minimum atomic E-state index is -4.34. The molecule has 7 rings (SSSR count). The summed E-state index contributed by atoms with van der Waals surface area (Å²) in [7, 11) is -2.79. The lowest BCUT2D eigenvalue weighted by atomic mass is 9.82. The molecule has 5 aliphatic rings. The number of Topliss-reactive ketones (excluding diaryl/α,β-unsaturated/α-hetero) is 1. The van der Waals surface area contributed by atoms with Gasteiger partial charge in [-0.25, -0.2) is 17.8 Å². The Labute approximate surface area is 339 Å². The van der Waals surface area contributed by atoms with Crippen molar-refractivity contribution in [3.8, 4) is 11.6 Å². The van der Waals surface area contributed by atoms with E-state index in [9.17, 15) is 27.2 Å². The first kappa shape index (κ1) is 42.0. The summed E-state index contributed by atoms with van der Waals surface area (Å²) in [4.78, 5) is 63.5. The molecule has 0 radical (unpaired) electrons. The summed E-state index contributed by atoms with van der Waals surface area (Å²) < 4.78 is 64.6. The molecule has 1 unspecified atom stereocenters. The number of fused-ring (bicyclic) bond motifs is 3. The van der Waals surface area contributed by atoms with E-state index in [-0.39, 0.29) is 63.5 Å². The summed E-state index contributed by atoms with van der Waals surface area (Å²) >= 11 is 0. The number of benzene rings is 1. The number of ether oxygens (including phenoxy) is 4. The van der Waals surface area contributed by atoms with Crippen molar-refractivity contribution in [2.75, 3.05) is 33.5 Å². The van der Waals surface area contributed by atoms with Crippen molar-refractivity contribution in [2.45, 2.75) is 114 Å². The molecule has 2 saturated carbocycles. The van der Waals surface area contributed by atoms with Crippen LogP contribution in [0.15, 0.2) is 42.6 Å². The number of hydrogen-bond donors (Lipinski definition) is 1. The molecule has 0 bridgehead atoms. The predicted molar refractivity (Wildman–Crippen MR) is 212 cm³/mol. The summed E-state index contributed by atoms with van der Waals surface area (Å²) in [6, 6.07) is 6.39. The first-order valence-corrected chi connectivity index (χ1v) is 22.1. The van der Waals surface area contributed by atoms with Crippen LogP contribution in [0.4, 0.5) is 4.39 Å². The summed E-state index contributed by atoms with van der Waals surface area (Å²) in [5.41, 5.74) is -2.21. The number of ketones is 1. The fourth-order valence-electron chi connectivity index (χ4n) is 9.28. The van der Waals surface area contributed by atoms with Gasteiger partial charge in [0, 0.05) is 30.2 Å². The van der Waals surface area contributed by atoms with Gasteiger partial charge in [0.05, 0.1) is 50.3 Å². The van der Waals surface area contributed by atoms with Crippen LogP contribution in [-0.2, 0) is 38.7 Å². The van der Waals surface area contributed by atoms with Crippen LogP contribution in [0.5, 0.6) is 11.6 Å². The number of nitrogens with one attached hydrogen (secondary N) is 1. The number of alkyl halides is 1. The molecule has 1 N–H and O–H groups in total. The smallest absolute Gasteiger partial charge is 0.307 e. The van der Waals surface area contributed by atoms with E-state index in [0.717, 1.165) is 18.2 Å². The Hall–Kier alpha value is -4.11. The summed E-state index contributed by atoms with van der Waals surface area (Å²) in [6.07, 6.45) is 8.15. The van der Waals surface area contributed by atoms with Gasteiger partial charge in [0.2, 0.25) is 27.7 Å². The Morgan fingerprint density at radius 1 is 1.10 bits per heavy atom. The van der Waals surface area contributed by atoms with E-state index in [1.54, 1.807) is 13.3 Å². The molecule has 2 aromatic rings. The van der Waals surface area contributed by atoms with Gasteiger partial charge in [-0.3, -0.25) is 23.9 Å². The van der Waals surface area contributed by atoms with Crippen LogP contribution in [0.2, 0.25) is 0 Å². The lowest BCUT2D eigenvalue weighted by Crippen LogP contribution is -2.48. The number of sulfonamides is 1. The number of halogens is 1. The van der Waals surface area contributed by atoms with Crippen LogP contribution in [0.25, 0.3) is 10.8 Å². The van der Waals surface area contributed by atoms with Gasteiger partial charge < -0.3 is 23.8 Å². The highest BCUT2D eigenvalue weighted by Gasteiger charge is 2.63. The van der Waals surface area contributed by atoms with Crippen molar-refractivity contribution >= 4 is 44.4 Å². The molecule has 2 saturated heterocycles. The maximum atomic E-state index is 15.0. The van der Waals surface area contributed by atoms with Gasteiger partial charge in [0.25, 0.3) is 0 Å². The maximum absolute atomic E-state index is 15.0. The van der Waals surface area contributed by atoms with Crippen molar-refractivity contribution < 1.29 is 50.9 Å². The van der Waals surface area contributed by atoms with Crippen LogP contribution in [0.1, 0.15) is 91.4 Å². The van der Waals surface area contributed by atoms with Crippen LogP contribution in [0, 0.1) is 29.1 Å². The van der Waals surface area contributed by atoms with Crippen LogP contribution < -0.4 is 14.2 Å².